The topological polar surface area (TPSA) is 88.4 Å². The molecule has 1 N–H and O–H groups in total. The Morgan fingerprint density at radius 3 is 2.37 bits per heavy atom. The van der Waals surface area contributed by atoms with Crippen LogP contribution in [0.3, 0.4) is 0 Å². The summed E-state index contributed by atoms with van der Waals surface area (Å²) in [6.07, 6.45) is -0.945. The van der Waals surface area contributed by atoms with Gasteiger partial charge in [0, 0.05) is 0 Å². The smallest absolute Gasteiger partial charge is 0.347 e. The lowest BCUT2D eigenvalue weighted by Crippen LogP contribution is -2.29. The number of hydrogen-bond acceptors (Lipinski definition) is 5. The number of amides is 1. The van der Waals surface area contributed by atoms with E-state index in [0.29, 0.717) is 11.3 Å². The van der Waals surface area contributed by atoms with Gasteiger partial charge in [-0.25, -0.2) is 4.79 Å². The molecule has 0 aromatic heterocycles. The molecule has 0 radical (unpaired) electrons. The monoisotopic (exact) mass is 426 g/mol. The molecule has 2 rings (SSSR count). The molecule has 2 aromatic rings. The van der Waals surface area contributed by atoms with Crippen LogP contribution in [0.2, 0.25) is 15.1 Å². The molecule has 0 heterocycles. The Kier molecular flexibility index (Phi) is 7.31. The molecule has 0 fully saturated rings. The number of benzene rings is 2. The first kappa shape index (κ1) is 20.8. The first-order chi connectivity index (χ1) is 12.8. The van der Waals surface area contributed by atoms with Crippen molar-refractivity contribution in [3.63, 3.8) is 0 Å². The van der Waals surface area contributed by atoms with Gasteiger partial charge in [0.2, 0.25) is 0 Å². The number of carbonyl (C=O) groups excluding carboxylic acids is 2. The third-order valence-electron chi connectivity index (χ3n) is 3.26. The molecule has 0 spiro atoms. The zero-order chi connectivity index (χ0) is 20.0. The van der Waals surface area contributed by atoms with Crippen molar-refractivity contribution in [2.45, 2.75) is 13.0 Å². The predicted molar refractivity (Wildman–Crippen MR) is 102 cm³/mol. The lowest BCUT2D eigenvalue weighted by atomic mass is 10.2. The molecule has 9 heteroatoms. The summed E-state index contributed by atoms with van der Waals surface area (Å²) >= 11 is 17.7. The molecule has 0 aliphatic rings. The second-order valence-electron chi connectivity index (χ2n) is 5.30. The van der Waals surface area contributed by atoms with Gasteiger partial charge in [0.1, 0.15) is 5.75 Å². The highest BCUT2D eigenvalue weighted by Crippen LogP contribution is 2.32. The second-order valence-corrected chi connectivity index (χ2v) is 6.52. The quantitative estimate of drug-likeness (QED) is 0.543. The van der Waals surface area contributed by atoms with E-state index in [-0.39, 0.29) is 20.8 Å². The summed E-state index contributed by atoms with van der Waals surface area (Å²) in [5.74, 6) is -0.936. The molecule has 0 saturated heterocycles. The number of nitrogens with one attached hydrogen (secondary N) is 1. The fraction of sp³-hybridized carbons (Fsp3) is 0.167. The number of hydrogen-bond donors (Lipinski definition) is 1. The molecule has 27 heavy (non-hydrogen) atoms. The molecule has 140 valence electrons. The van der Waals surface area contributed by atoms with Gasteiger partial charge in [-0.3, -0.25) is 4.79 Å². The van der Waals surface area contributed by atoms with Crippen LogP contribution in [-0.2, 0) is 14.3 Å². The minimum atomic E-state index is -0.945. The van der Waals surface area contributed by atoms with E-state index in [1.54, 1.807) is 24.3 Å². The Hall–Kier alpha value is -2.46. The molecule has 0 aliphatic carbocycles. The highest BCUT2D eigenvalue weighted by molar-refractivity contribution is 6.44. The molecule has 1 unspecified atom stereocenters. The molecular formula is C18H13Cl3N2O4. The lowest BCUT2D eigenvalue weighted by Gasteiger charge is -2.14. The summed E-state index contributed by atoms with van der Waals surface area (Å²) in [4.78, 5) is 23.9. The van der Waals surface area contributed by atoms with Crippen molar-refractivity contribution >= 4 is 52.4 Å². The second kappa shape index (κ2) is 9.47. The molecule has 2 aromatic carbocycles. The summed E-state index contributed by atoms with van der Waals surface area (Å²) < 4.78 is 10.3. The van der Waals surface area contributed by atoms with Crippen LogP contribution in [0.1, 0.15) is 12.5 Å². The Morgan fingerprint density at radius 1 is 1.11 bits per heavy atom. The number of nitriles is 1. The number of rotatable bonds is 6. The van der Waals surface area contributed by atoms with E-state index >= 15 is 0 Å². The number of ether oxygens (including phenoxy) is 2. The zero-order valence-corrected chi connectivity index (χ0v) is 16.2. The third-order valence-corrected chi connectivity index (χ3v) is 4.29. The maximum atomic E-state index is 11.9. The van der Waals surface area contributed by atoms with Crippen molar-refractivity contribution in [3.05, 3.63) is 57.0 Å². The van der Waals surface area contributed by atoms with Crippen LogP contribution >= 0.6 is 34.8 Å². The highest BCUT2D eigenvalue weighted by Gasteiger charge is 2.18. The van der Waals surface area contributed by atoms with E-state index in [2.05, 4.69) is 5.32 Å². The molecule has 1 atom stereocenters. The predicted octanol–water partition coefficient (Wildman–Crippen LogP) is 4.47. The number of nitrogens with zero attached hydrogens (tertiary/aromatic N) is 1. The first-order valence-corrected chi connectivity index (χ1v) is 8.71. The summed E-state index contributed by atoms with van der Waals surface area (Å²) in [6.45, 7) is 0.949. The highest BCUT2D eigenvalue weighted by atomic mass is 35.5. The van der Waals surface area contributed by atoms with Gasteiger partial charge in [-0.1, -0.05) is 34.8 Å². The zero-order valence-electron chi connectivity index (χ0n) is 14.0. The minimum absolute atomic E-state index is 0.196. The Morgan fingerprint density at radius 2 is 1.74 bits per heavy atom. The van der Waals surface area contributed by atoms with Gasteiger partial charge < -0.3 is 14.8 Å². The van der Waals surface area contributed by atoms with Crippen molar-refractivity contribution in [1.29, 1.82) is 5.26 Å². The average molecular weight is 428 g/mol. The number of carbonyl (C=O) groups is 2. The molecule has 0 saturated carbocycles. The van der Waals surface area contributed by atoms with Gasteiger partial charge in [-0.15, -0.1) is 0 Å². The van der Waals surface area contributed by atoms with Crippen LogP contribution in [0.4, 0.5) is 5.69 Å². The van der Waals surface area contributed by atoms with Gasteiger partial charge in [-0.2, -0.15) is 5.26 Å². The molecule has 6 nitrogen and oxygen atoms in total. The third kappa shape index (κ3) is 6.04. The standard InChI is InChI=1S/C18H13Cl3N2O4/c1-10(27-12-4-2-11(8-22)3-5-12)18(25)26-9-17(24)23-16-7-14(20)13(19)6-15(16)21/h2-7,10H,9H2,1H3,(H,23,24). The summed E-state index contributed by atoms with van der Waals surface area (Å²) in [7, 11) is 0. The SMILES string of the molecule is CC(Oc1ccc(C#N)cc1)C(=O)OCC(=O)Nc1cc(Cl)c(Cl)cc1Cl. The normalized spacial score (nSPS) is 11.2. The maximum absolute atomic E-state index is 11.9. The average Bonchev–Trinajstić information content (AvgIpc) is 2.64. The van der Waals surface area contributed by atoms with E-state index < -0.39 is 24.6 Å². The van der Waals surface area contributed by atoms with Crippen LogP contribution in [0.25, 0.3) is 0 Å². The van der Waals surface area contributed by atoms with Crippen LogP contribution in [0.5, 0.6) is 5.75 Å². The largest absolute Gasteiger partial charge is 0.479 e. The fourth-order valence-electron chi connectivity index (χ4n) is 1.92. The van der Waals surface area contributed by atoms with E-state index in [9.17, 15) is 9.59 Å². The maximum Gasteiger partial charge on any atom is 0.347 e. The molecule has 0 bridgehead atoms. The Bertz CT molecular complexity index is 895. The molecular weight excluding hydrogens is 415 g/mol. The summed E-state index contributed by atoms with van der Waals surface area (Å²) in [6, 6.07) is 11.0. The van der Waals surface area contributed by atoms with Crippen molar-refractivity contribution in [3.8, 4) is 11.8 Å². The van der Waals surface area contributed by atoms with Crippen LogP contribution < -0.4 is 10.1 Å². The number of esters is 1. The van der Waals surface area contributed by atoms with E-state index in [1.165, 1.54) is 19.1 Å². The number of halogens is 3. The van der Waals surface area contributed by atoms with Crippen molar-refractivity contribution in [2.24, 2.45) is 0 Å². The summed E-state index contributed by atoms with van der Waals surface area (Å²) in [5.41, 5.74) is 0.712. The Balaban J connectivity index is 1.86. The molecule has 1 amide bonds. The Labute approximate surface area is 170 Å². The van der Waals surface area contributed by atoms with Crippen LogP contribution in [0, 0.1) is 11.3 Å². The van der Waals surface area contributed by atoms with Crippen molar-refractivity contribution in [1.82, 2.24) is 0 Å². The molecule has 0 aliphatic heterocycles. The summed E-state index contributed by atoms with van der Waals surface area (Å²) in [5, 5.41) is 11.9. The fourth-order valence-corrected chi connectivity index (χ4v) is 2.51. The van der Waals surface area contributed by atoms with Gasteiger partial charge in [0.05, 0.1) is 32.4 Å². The number of anilines is 1. The minimum Gasteiger partial charge on any atom is -0.479 e. The van der Waals surface area contributed by atoms with Gasteiger partial charge in [-0.05, 0) is 43.3 Å². The van der Waals surface area contributed by atoms with Crippen molar-refractivity contribution < 1.29 is 19.1 Å². The van der Waals surface area contributed by atoms with E-state index in [4.69, 9.17) is 49.5 Å². The van der Waals surface area contributed by atoms with E-state index in [0.717, 1.165) is 0 Å². The van der Waals surface area contributed by atoms with Crippen LogP contribution in [-0.4, -0.2) is 24.6 Å². The van der Waals surface area contributed by atoms with Crippen molar-refractivity contribution in [2.75, 3.05) is 11.9 Å². The van der Waals surface area contributed by atoms with Gasteiger partial charge in [0.15, 0.2) is 12.7 Å². The van der Waals surface area contributed by atoms with Crippen LogP contribution in [0.15, 0.2) is 36.4 Å². The first-order valence-electron chi connectivity index (χ1n) is 7.58. The van der Waals surface area contributed by atoms with E-state index in [1.807, 2.05) is 6.07 Å². The van der Waals surface area contributed by atoms with Gasteiger partial charge >= 0.3 is 5.97 Å². The van der Waals surface area contributed by atoms with Gasteiger partial charge in [0.25, 0.3) is 5.91 Å². The lowest BCUT2D eigenvalue weighted by molar-refractivity contribution is -0.153.